The molecule has 6 rings (SSSR count). The highest BCUT2D eigenvalue weighted by molar-refractivity contribution is 7.88. The van der Waals surface area contributed by atoms with Crippen LogP contribution in [0.3, 0.4) is 0 Å². The van der Waals surface area contributed by atoms with Gasteiger partial charge in [0.1, 0.15) is 5.69 Å². The van der Waals surface area contributed by atoms with Gasteiger partial charge < -0.3 is 10.2 Å². The summed E-state index contributed by atoms with van der Waals surface area (Å²) in [4.78, 5) is 13.6. The maximum atomic E-state index is 11.8. The van der Waals surface area contributed by atoms with Crippen molar-refractivity contribution in [3.05, 3.63) is 28.3 Å². The molecule has 4 bridgehead atoms. The predicted molar refractivity (Wildman–Crippen MR) is 125 cm³/mol. The van der Waals surface area contributed by atoms with Crippen molar-refractivity contribution in [2.45, 2.75) is 51.5 Å². The van der Waals surface area contributed by atoms with Gasteiger partial charge >= 0.3 is 0 Å². The Kier molecular flexibility index (Phi) is 5.40. The third kappa shape index (κ3) is 3.98. The molecular weight excluding hydrogens is 428 g/mol. The van der Waals surface area contributed by atoms with Crippen molar-refractivity contribution in [1.82, 2.24) is 4.31 Å². The minimum atomic E-state index is -3.19. The molecular formula is C23H34N4O4S. The van der Waals surface area contributed by atoms with Gasteiger partial charge in [-0.15, -0.1) is 0 Å². The Hall–Kier alpha value is -1.87. The monoisotopic (exact) mass is 462 g/mol. The normalized spacial score (nSPS) is 33.3. The molecule has 0 spiro atoms. The second-order valence-electron chi connectivity index (χ2n) is 10.8. The summed E-state index contributed by atoms with van der Waals surface area (Å²) in [7, 11) is -3.19. The number of benzene rings is 1. The molecule has 176 valence electrons. The van der Waals surface area contributed by atoms with Crippen LogP contribution in [0.4, 0.5) is 17.1 Å². The molecule has 4 saturated carbocycles. The fraction of sp³-hybridized carbons (Fsp3) is 0.739. The van der Waals surface area contributed by atoms with E-state index >= 15 is 0 Å². The van der Waals surface area contributed by atoms with Gasteiger partial charge in [-0.3, -0.25) is 10.1 Å². The molecule has 32 heavy (non-hydrogen) atoms. The number of sulfonamides is 1. The Morgan fingerprint density at radius 2 is 1.62 bits per heavy atom. The van der Waals surface area contributed by atoms with E-state index in [9.17, 15) is 18.5 Å². The lowest BCUT2D eigenvalue weighted by Gasteiger charge is -2.59. The molecule has 1 aromatic rings. The third-order valence-corrected chi connectivity index (χ3v) is 9.93. The number of hydrogen-bond acceptors (Lipinski definition) is 6. The topological polar surface area (TPSA) is 95.8 Å². The van der Waals surface area contributed by atoms with Crippen LogP contribution in [0.1, 0.15) is 45.4 Å². The molecule has 0 aromatic heterocycles. The van der Waals surface area contributed by atoms with Crippen molar-refractivity contribution in [2.24, 2.45) is 23.2 Å². The Balaban J connectivity index is 1.36. The Labute approximate surface area is 190 Å². The van der Waals surface area contributed by atoms with E-state index < -0.39 is 10.0 Å². The molecule has 9 heteroatoms. The largest absolute Gasteiger partial charge is 0.376 e. The van der Waals surface area contributed by atoms with Crippen molar-refractivity contribution in [1.29, 1.82) is 0 Å². The first-order valence-electron chi connectivity index (χ1n) is 11.9. The number of nitrogens with one attached hydrogen (secondary N) is 1. The highest BCUT2D eigenvalue weighted by Gasteiger charge is 2.53. The Morgan fingerprint density at radius 1 is 1.06 bits per heavy atom. The number of nitrogens with zero attached hydrogens (tertiary/aromatic N) is 3. The van der Waals surface area contributed by atoms with E-state index in [4.69, 9.17) is 0 Å². The average molecular weight is 463 g/mol. The lowest BCUT2D eigenvalue weighted by molar-refractivity contribution is -0.384. The number of hydrogen-bond donors (Lipinski definition) is 1. The molecule has 1 aliphatic heterocycles. The van der Waals surface area contributed by atoms with Crippen molar-refractivity contribution >= 4 is 27.1 Å². The fourth-order valence-electron chi connectivity index (χ4n) is 7.37. The third-order valence-electron chi connectivity index (χ3n) is 8.63. The van der Waals surface area contributed by atoms with E-state index in [1.807, 2.05) is 6.07 Å². The van der Waals surface area contributed by atoms with Crippen molar-refractivity contribution in [2.75, 3.05) is 42.7 Å². The number of nitro benzene ring substituents is 1. The molecule has 8 nitrogen and oxygen atoms in total. The van der Waals surface area contributed by atoms with Crippen LogP contribution in [-0.2, 0) is 10.0 Å². The van der Waals surface area contributed by atoms with Crippen LogP contribution in [0.15, 0.2) is 18.2 Å². The first kappa shape index (κ1) is 21.9. The van der Waals surface area contributed by atoms with Crippen molar-refractivity contribution in [3.8, 4) is 0 Å². The van der Waals surface area contributed by atoms with Gasteiger partial charge in [0.2, 0.25) is 10.0 Å². The van der Waals surface area contributed by atoms with Gasteiger partial charge in [-0.2, -0.15) is 4.31 Å². The highest BCUT2D eigenvalue weighted by atomic mass is 32.2. The summed E-state index contributed by atoms with van der Waals surface area (Å²) in [6.45, 7) is 4.24. The van der Waals surface area contributed by atoms with Crippen molar-refractivity contribution in [3.63, 3.8) is 0 Å². The van der Waals surface area contributed by atoms with Crippen molar-refractivity contribution < 1.29 is 13.3 Å². The van der Waals surface area contributed by atoms with Gasteiger partial charge in [0.15, 0.2) is 0 Å². The highest BCUT2D eigenvalue weighted by Crippen LogP contribution is 2.61. The molecule has 1 atom stereocenters. The van der Waals surface area contributed by atoms with Crippen LogP contribution in [0.25, 0.3) is 0 Å². The molecule has 1 saturated heterocycles. The van der Waals surface area contributed by atoms with Gasteiger partial charge in [0.25, 0.3) is 5.69 Å². The summed E-state index contributed by atoms with van der Waals surface area (Å²) >= 11 is 0. The summed E-state index contributed by atoms with van der Waals surface area (Å²) in [5, 5.41) is 15.4. The number of piperazine rings is 1. The lowest BCUT2D eigenvalue weighted by atomic mass is 9.48. The summed E-state index contributed by atoms with van der Waals surface area (Å²) in [6.07, 6.45) is 9.10. The number of anilines is 2. The van der Waals surface area contributed by atoms with Crippen LogP contribution in [0, 0.1) is 33.3 Å². The first-order valence-corrected chi connectivity index (χ1v) is 13.7. The standard InChI is InChI=1S/C23H34N4O4S/c1-16(23-13-17-9-18(14-23)11-19(10-17)15-23)24-21-12-20(3-4-22(21)27(28)29)25-5-7-26(8-6-25)32(2,30)31/h3-4,12,16-19,24H,5-11,13-15H2,1-2H3. The van der Waals surface area contributed by atoms with Gasteiger partial charge in [-0.05, 0) is 80.8 Å². The zero-order valence-electron chi connectivity index (χ0n) is 19.0. The van der Waals surface area contributed by atoms with Gasteiger partial charge in [-0.25, -0.2) is 8.42 Å². The van der Waals surface area contributed by atoms with E-state index in [-0.39, 0.29) is 22.1 Å². The maximum Gasteiger partial charge on any atom is 0.292 e. The molecule has 1 aromatic carbocycles. The molecule has 5 fully saturated rings. The first-order chi connectivity index (χ1) is 15.1. The van der Waals surface area contributed by atoms with Crippen LogP contribution in [-0.4, -0.2) is 56.1 Å². The maximum absolute atomic E-state index is 11.8. The summed E-state index contributed by atoms with van der Waals surface area (Å²) in [5.74, 6) is 2.49. The molecule has 1 heterocycles. The Bertz CT molecular complexity index is 968. The number of rotatable bonds is 6. The van der Waals surface area contributed by atoms with Crippen LogP contribution >= 0.6 is 0 Å². The van der Waals surface area contributed by atoms with E-state index in [2.05, 4.69) is 17.1 Å². The summed E-state index contributed by atoms with van der Waals surface area (Å²) < 4.78 is 25.1. The summed E-state index contributed by atoms with van der Waals surface area (Å²) in [6, 6.07) is 5.46. The second kappa shape index (κ2) is 7.87. The zero-order valence-corrected chi connectivity index (χ0v) is 19.8. The fourth-order valence-corrected chi connectivity index (χ4v) is 8.19. The van der Waals surface area contributed by atoms with Gasteiger partial charge in [0, 0.05) is 44.0 Å². The molecule has 1 N–H and O–H groups in total. The van der Waals surface area contributed by atoms with Gasteiger partial charge in [0.05, 0.1) is 11.2 Å². The molecule has 0 radical (unpaired) electrons. The van der Waals surface area contributed by atoms with Crippen LogP contribution in [0.2, 0.25) is 0 Å². The van der Waals surface area contributed by atoms with Crippen LogP contribution < -0.4 is 10.2 Å². The Morgan fingerprint density at radius 3 is 2.12 bits per heavy atom. The van der Waals surface area contributed by atoms with E-state index in [0.717, 1.165) is 23.4 Å². The minimum Gasteiger partial charge on any atom is -0.376 e. The molecule has 4 aliphatic carbocycles. The zero-order chi connectivity index (χ0) is 22.7. The van der Waals surface area contributed by atoms with E-state index in [1.165, 1.54) is 49.1 Å². The quantitative estimate of drug-likeness (QED) is 0.512. The van der Waals surface area contributed by atoms with E-state index in [0.29, 0.717) is 31.9 Å². The molecule has 0 amide bonds. The van der Waals surface area contributed by atoms with Crippen LogP contribution in [0.5, 0.6) is 0 Å². The second-order valence-corrected chi connectivity index (χ2v) is 12.7. The minimum absolute atomic E-state index is 0.111. The lowest BCUT2D eigenvalue weighted by Crippen LogP contribution is -2.53. The smallest absolute Gasteiger partial charge is 0.292 e. The molecule has 5 aliphatic rings. The SMILES string of the molecule is CC(Nc1cc(N2CCN(S(C)(=O)=O)CC2)ccc1[N+](=O)[O-])C12CC3CC(CC(C3)C1)C2. The van der Waals surface area contributed by atoms with Gasteiger partial charge in [-0.1, -0.05) is 0 Å². The average Bonchev–Trinajstić information content (AvgIpc) is 2.72. The predicted octanol–water partition coefficient (Wildman–Crippen LogP) is 3.69. The molecule has 1 unspecified atom stereocenters. The van der Waals surface area contributed by atoms with E-state index in [1.54, 1.807) is 12.1 Å². The number of nitro groups is 1. The summed E-state index contributed by atoms with van der Waals surface area (Å²) in [5.41, 5.74) is 1.85.